The Balaban J connectivity index is 1.85. The van der Waals surface area contributed by atoms with Gasteiger partial charge in [0, 0.05) is 19.1 Å². The second-order valence-corrected chi connectivity index (χ2v) is 6.67. The Morgan fingerprint density at radius 2 is 1.90 bits per heavy atom. The Kier molecular flexibility index (Phi) is 5.08. The lowest BCUT2D eigenvalue weighted by molar-refractivity contribution is -0.141. The summed E-state index contributed by atoms with van der Waals surface area (Å²) >= 11 is 0. The lowest BCUT2D eigenvalue weighted by Crippen LogP contribution is -2.50. The van der Waals surface area contributed by atoms with Crippen molar-refractivity contribution < 1.29 is 19.8 Å². The maximum Gasteiger partial charge on any atom is 0.317 e. The molecule has 2 unspecified atom stereocenters. The van der Waals surface area contributed by atoms with E-state index in [1.165, 1.54) is 32.6 Å². The van der Waals surface area contributed by atoms with E-state index >= 15 is 0 Å². The lowest BCUT2D eigenvalue weighted by Gasteiger charge is -2.31. The van der Waals surface area contributed by atoms with Crippen molar-refractivity contribution in [3.05, 3.63) is 0 Å². The van der Waals surface area contributed by atoms with Gasteiger partial charge >= 0.3 is 12.0 Å². The molecule has 6 nitrogen and oxygen atoms in total. The number of aliphatic hydroxyl groups is 1. The van der Waals surface area contributed by atoms with Crippen LogP contribution in [0.4, 0.5) is 4.79 Å². The van der Waals surface area contributed by atoms with Gasteiger partial charge in [-0.2, -0.15) is 0 Å². The molecule has 2 rings (SSSR count). The Morgan fingerprint density at radius 1 is 1.24 bits per heavy atom. The summed E-state index contributed by atoms with van der Waals surface area (Å²) in [6, 6.07) is 0.145. The van der Waals surface area contributed by atoms with Gasteiger partial charge in [-0.25, -0.2) is 4.79 Å². The van der Waals surface area contributed by atoms with Gasteiger partial charge in [0.25, 0.3) is 0 Å². The van der Waals surface area contributed by atoms with Crippen molar-refractivity contribution in [3.8, 4) is 0 Å². The minimum absolute atomic E-state index is 0.0357. The van der Waals surface area contributed by atoms with Gasteiger partial charge in [-0.3, -0.25) is 4.79 Å². The molecule has 6 heteroatoms. The molecule has 0 spiro atoms. The monoisotopic (exact) mass is 298 g/mol. The number of carboxylic acids is 1. The zero-order valence-electron chi connectivity index (χ0n) is 12.7. The quantitative estimate of drug-likeness (QED) is 0.719. The fourth-order valence-electron chi connectivity index (χ4n) is 3.63. The summed E-state index contributed by atoms with van der Waals surface area (Å²) in [6.45, 7) is 2.15. The van der Waals surface area contributed by atoms with Crippen LogP contribution in [0.1, 0.15) is 51.9 Å². The molecule has 3 N–H and O–H groups in total. The van der Waals surface area contributed by atoms with Gasteiger partial charge in [0.15, 0.2) is 0 Å². The number of hydrogen-bond donors (Lipinski definition) is 3. The van der Waals surface area contributed by atoms with Gasteiger partial charge in [0.2, 0.25) is 0 Å². The molecule has 2 aliphatic rings. The van der Waals surface area contributed by atoms with E-state index in [9.17, 15) is 14.7 Å². The third-order valence-corrected chi connectivity index (χ3v) is 4.66. The average molecular weight is 298 g/mol. The predicted octanol–water partition coefficient (Wildman–Crippen LogP) is 1.58. The van der Waals surface area contributed by atoms with Crippen LogP contribution in [-0.4, -0.2) is 51.8 Å². The van der Waals surface area contributed by atoms with Crippen molar-refractivity contribution in [2.45, 2.75) is 63.5 Å². The largest absolute Gasteiger partial charge is 0.481 e. The summed E-state index contributed by atoms with van der Waals surface area (Å²) in [4.78, 5) is 24.8. The normalized spacial score (nSPS) is 25.8. The van der Waals surface area contributed by atoms with Crippen LogP contribution in [0.2, 0.25) is 0 Å². The molecule has 2 atom stereocenters. The zero-order chi connectivity index (χ0) is 15.5. The first-order valence-corrected chi connectivity index (χ1v) is 7.88. The number of rotatable bonds is 5. The van der Waals surface area contributed by atoms with E-state index in [1.807, 2.05) is 4.90 Å². The number of hydrogen-bond acceptors (Lipinski definition) is 3. The third kappa shape index (κ3) is 4.33. The van der Waals surface area contributed by atoms with Crippen LogP contribution in [0, 0.1) is 5.92 Å². The zero-order valence-corrected chi connectivity index (χ0v) is 12.7. The van der Waals surface area contributed by atoms with Crippen molar-refractivity contribution in [3.63, 3.8) is 0 Å². The topological polar surface area (TPSA) is 89.9 Å². The smallest absolute Gasteiger partial charge is 0.317 e. The highest BCUT2D eigenvalue weighted by molar-refractivity contribution is 5.75. The second-order valence-electron chi connectivity index (χ2n) is 6.67. The van der Waals surface area contributed by atoms with E-state index in [0.29, 0.717) is 12.0 Å². The van der Waals surface area contributed by atoms with Crippen molar-refractivity contribution >= 4 is 12.0 Å². The van der Waals surface area contributed by atoms with Gasteiger partial charge in [0.05, 0.1) is 12.0 Å². The average Bonchev–Trinajstić information content (AvgIpc) is 3.04. The number of aliphatic carboxylic acids is 1. The van der Waals surface area contributed by atoms with Crippen molar-refractivity contribution in [2.75, 3.05) is 13.1 Å². The highest BCUT2D eigenvalue weighted by atomic mass is 16.4. The number of urea groups is 1. The van der Waals surface area contributed by atoms with Crippen molar-refractivity contribution in [1.82, 2.24) is 10.2 Å². The molecule has 2 amide bonds. The molecule has 1 aliphatic heterocycles. The molecule has 120 valence electrons. The van der Waals surface area contributed by atoms with Crippen LogP contribution < -0.4 is 5.32 Å². The highest BCUT2D eigenvalue weighted by Crippen LogP contribution is 2.35. The van der Waals surface area contributed by atoms with E-state index in [4.69, 9.17) is 5.11 Å². The first-order valence-electron chi connectivity index (χ1n) is 7.88. The maximum atomic E-state index is 12.3. The molecule has 0 aromatic carbocycles. The minimum atomic E-state index is -1.41. The van der Waals surface area contributed by atoms with E-state index in [-0.39, 0.29) is 19.0 Å². The third-order valence-electron chi connectivity index (χ3n) is 4.66. The number of likely N-dealkylation sites (tertiary alicyclic amines) is 1. The van der Waals surface area contributed by atoms with Gasteiger partial charge in [-0.15, -0.1) is 0 Å². The lowest BCUT2D eigenvalue weighted by atomic mass is 9.96. The first-order chi connectivity index (χ1) is 9.89. The predicted molar refractivity (Wildman–Crippen MR) is 78.0 cm³/mol. The highest BCUT2D eigenvalue weighted by Gasteiger charge is 2.36. The first kappa shape index (κ1) is 16.1. The Bertz CT molecular complexity index is 391. The molecular weight excluding hydrogens is 272 g/mol. The Hall–Kier alpha value is -1.30. The molecule has 1 heterocycles. The molecule has 1 saturated heterocycles. The van der Waals surface area contributed by atoms with Crippen LogP contribution in [0.25, 0.3) is 0 Å². The van der Waals surface area contributed by atoms with Crippen LogP contribution in [0.3, 0.4) is 0 Å². The summed E-state index contributed by atoms with van der Waals surface area (Å²) in [5.41, 5.74) is -1.41. The van der Waals surface area contributed by atoms with Crippen LogP contribution in [0.5, 0.6) is 0 Å². The molecule has 2 fully saturated rings. The van der Waals surface area contributed by atoms with Crippen LogP contribution >= 0.6 is 0 Å². The molecule has 0 bridgehead atoms. The number of carbonyl (C=O) groups excluding carboxylic acids is 1. The standard InChI is InChI=1S/C15H26N2O4/c1-15(21,9-13(18)19)10-16-14(20)17-8-4-7-12(17)11-5-2-3-6-11/h11-12,21H,2-10H2,1H3,(H,16,20)(H,18,19). The minimum Gasteiger partial charge on any atom is -0.481 e. The molecule has 0 aromatic heterocycles. The number of carboxylic acid groups (broad SMARTS) is 1. The summed E-state index contributed by atoms with van der Waals surface area (Å²) < 4.78 is 0. The summed E-state index contributed by atoms with van der Waals surface area (Å²) in [7, 11) is 0. The van der Waals surface area contributed by atoms with Gasteiger partial charge in [-0.05, 0) is 38.5 Å². The van der Waals surface area contributed by atoms with Crippen molar-refractivity contribution in [1.29, 1.82) is 0 Å². The Labute approximate surface area is 125 Å². The van der Waals surface area contributed by atoms with Crippen LogP contribution in [-0.2, 0) is 4.79 Å². The van der Waals surface area contributed by atoms with Gasteiger partial charge in [0.1, 0.15) is 0 Å². The SMILES string of the molecule is CC(O)(CNC(=O)N1CCCC1C1CCCC1)CC(=O)O. The molecule has 0 radical (unpaired) electrons. The number of amides is 2. The molecular formula is C15H26N2O4. The summed E-state index contributed by atoms with van der Waals surface area (Å²) in [6.07, 6.45) is 6.62. The van der Waals surface area contributed by atoms with E-state index in [1.54, 1.807) is 0 Å². The number of nitrogens with one attached hydrogen (secondary N) is 1. The number of nitrogens with zero attached hydrogens (tertiary/aromatic N) is 1. The fourth-order valence-corrected chi connectivity index (χ4v) is 3.63. The van der Waals surface area contributed by atoms with Crippen molar-refractivity contribution in [2.24, 2.45) is 5.92 Å². The molecule has 1 saturated carbocycles. The van der Waals surface area contributed by atoms with E-state index in [0.717, 1.165) is 19.4 Å². The van der Waals surface area contributed by atoms with Gasteiger partial charge in [-0.1, -0.05) is 12.8 Å². The fraction of sp³-hybridized carbons (Fsp3) is 0.867. The van der Waals surface area contributed by atoms with E-state index < -0.39 is 11.6 Å². The van der Waals surface area contributed by atoms with Crippen LogP contribution in [0.15, 0.2) is 0 Å². The second kappa shape index (κ2) is 6.64. The maximum absolute atomic E-state index is 12.3. The van der Waals surface area contributed by atoms with E-state index in [2.05, 4.69) is 5.32 Å². The Morgan fingerprint density at radius 3 is 2.52 bits per heavy atom. The molecule has 1 aliphatic carbocycles. The summed E-state index contributed by atoms with van der Waals surface area (Å²) in [5.74, 6) is -0.461. The molecule has 21 heavy (non-hydrogen) atoms. The molecule has 0 aromatic rings. The summed E-state index contributed by atoms with van der Waals surface area (Å²) in [5, 5.41) is 21.4. The van der Waals surface area contributed by atoms with Gasteiger partial charge < -0.3 is 20.4 Å². The number of carbonyl (C=O) groups is 2.